The molecular weight excluding hydrogens is 546 g/mol. The normalized spacial score (nSPS) is 14.4. The SMILES string of the molecule is C1=CCN2C(=C1)C(c1cc(-c3ccccc3)cc(-c3ccccc3)c1)=CN=C2n1c2ccccc2c2c3ccccc3ccc21. The predicted molar refractivity (Wildman–Crippen MR) is 189 cm³/mol. The van der Waals surface area contributed by atoms with E-state index in [1.54, 1.807) is 0 Å². The molecule has 212 valence electrons. The molecule has 0 aliphatic carbocycles. The van der Waals surface area contributed by atoms with Crippen LogP contribution in [0.4, 0.5) is 0 Å². The third-order valence-corrected chi connectivity index (χ3v) is 9.02. The van der Waals surface area contributed by atoms with Gasteiger partial charge in [0.05, 0.1) is 16.7 Å². The van der Waals surface area contributed by atoms with E-state index in [4.69, 9.17) is 4.99 Å². The first-order valence-electron chi connectivity index (χ1n) is 15.4. The van der Waals surface area contributed by atoms with Crippen molar-refractivity contribution in [2.45, 2.75) is 0 Å². The van der Waals surface area contributed by atoms with Crippen LogP contribution in [0.1, 0.15) is 5.56 Å². The number of aromatic nitrogens is 1. The molecule has 0 unspecified atom stereocenters. The van der Waals surface area contributed by atoms with Crippen LogP contribution in [0.5, 0.6) is 0 Å². The van der Waals surface area contributed by atoms with Crippen LogP contribution >= 0.6 is 0 Å². The third kappa shape index (κ3) is 4.16. The summed E-state index contributed by atoms with van der Waals surface area (Å²) in [7, 11) is 0. The van der Waals surface area contributed by atoms with Crippen molar-refractivity contribution in [2.75, 3.05) is 6.54 Å². The first-order valence-corrected chi connectivity index (χ1v) is 15.4. The zero-order valence-corrected chi connectivity index (χ0v) is 24.6. The van der Waals surface area contributed by atoms with Crippen LogP contribution in [0.2, 0.25) is 0 Å². The van der Waals surface area contributed by atoms with Crippen LogP contribution in [0.15, 0.2) is 175 Å². The van der Waals surface area contributed by atoms with Crippen molar-refractivity contribution in [3.05, 3.63) is 175 Å². The van der Waals surface area contributed by atoms with Gasteiger partial charge in [0, 0.05) is 29.1 Å². The Morgan fingerprint density at radius 3 is 1.93 bits per heavy atom. The van der Waals surface area contributed by atoms with Crippen molar-refractivity contribution in [2.24, 2.45) is 4.99 Å². The van der Waals surface area contributed by atoms with Gasteiger partial charge in [-0.2, -0.15) is 0 Å². The van der Waals surface area contributed by atoms with Crippen molar-refractivity contribution >= 4 is 44.1 Å². The molecular formula is C42H29N3. The molecule has 2 aliphatic rings. The molecule has 6 aromatic carbocycles. The fourth-order valence-electron chi connectivity index (χ4n) is 6.93. The minimum atomic E-state index is 0.744. The highest BCUT2D eigenvalue weighted by Gasteiger charge is 2.28. The number of rotatable bonds is 3. The maximum absolute atomic E-state index is 5.27. The van der Waals surface area contributed by atoms with Gasteiger partial charge in [0.25, 0.3) is 0 Å². The van der Waals surface area contributed by atoms with Crippen molar-refractivity contribution in [3.8, 4) is 22.3 Å². The van der Waals surface area contributed by atoms with Gasteiger partial charge in [0.2, 0.25) is 5.96 Å². The van der Waals surface area contributed by atoms with Gasteiger partial charge in [0.1, 0.15) is 0 Å². The minimum Gasteiger partial charge on any atom is -0.307 e. The highest BCUT2D eigenvalue weighted by Crippen LogP contribution is 2.40. The van der Waals surface area contributed by atoms with Crippen molar-refractivity contribution in [1.29, 1.82) is 0 Å². The van der Waals surface area contributed by atoms with Crippen LogP contribution in [0.25, 0.3) is 60.4 Å². The molecule has 0 fully saturated rings. The molecule has 45 heavy (non-hydrogen) atoms. The molecule has 0 saturated heterocycles. The summed E-state index contributed by atoms with van der Waals surface area (Å²) in [5.74, 6) is 0.915. The maximum Gasteiger partial charge on any atom is 0.215 e. The Kier molecular flexibility index (Phi) is 5.88. The number of hydrogen-bond acceptors (Lipinski definition) is 2. The zero-order valence-electron chi connectivity index (χ0n) is 24.6. The van der Waals surface area contributed by atoms with Crippen LogP contribution in [-0.4, -0.2) is 22.0 Å². The quantitative estimate of drug-likeness (QED) is 0.205. The Balaban J connectivity index is 1.28. The summed E-state index contributed by atoms with van der Waals surface area (Å²) in [6, 6.07) is 50.0. The first kappa shape index (κ1) is 25.6. The third-order valence-electron chi connectivity index (χ3n) is 9.02. The van der Waals surface area contributed by atoms with Crippen LogP contribution < -0.4 is 0 Å². The van der Waals surface area contributed by atoms with Crippen LogP contribution in [0.3, 0.4) is 0 Å². The molecule has 0 amide bonds. The van der Waals surface area contributed by atoms with Crippen LogP contribution in [-0.2, 0) is 0 Å². The van der Waals surface area contributed by atoms with Gasteiger partial charge in [-0.25, -0.2) is 4.99 Å². The number of allylic oxidation sites excluding steroid dienone is 3. The summed E-state index contributed by atoms with van der Waals surface area (Å²) in [6.45, 7) is 0.744. The van der Waals surface area contributed by atoms with Crippen LogP contribution in [0, 0.1) is 0 Å². The molecule has 7 aromatic rings. The lowest BCUT2D eigenvalue weighted by Crippen LogP contribution is -2.38. The summed E-state index contributed by atoms with van der Waals surface area (Å²) in [4.78, 5) is 7.62. The fraction of sp³-hybridized carbons (Fsp3) is 0.0238. The van der Waals surface area contributed by atoms with Gasteiger partial charge in [-0.3, -0.25) is 4.57 Å². The molecule has 0 bridgehead atoms. The summed E-state index contributed by atoms with van der Waals surface area (Å²) in [5.41, 5.74) is 10.5. The Bertz CT molecular complexity index is 2330. The van der Waals surface area contributed by atoms with E-state index in [-0.39, 0.29) is 0 Å². The fourth-order valence-corrected chi connectivity index (χ4v) is 6.93. The van der Waals surface area contributed by atoms with Gasteiger partial charge in [-0.05, 0) is 75.0 Å². The van der Waals surface area contributed by atoms with Gasteiger partial charge in [-0.1, -0.05) is 121 Å². The number of aliphatic imine (C=N–C) groups is 1. The molecule has 3 nitrogen and oxygen atoms in total. The second kappa shape index (κ2) is 10.4. The lowest BCUT2D eigenvalue weighted by atomic mass is 9.91. The van der Waals surface area contributed by atoms with Crippen molar-refractivity contribution in [1.82, 2.24) is 9.47 Å². The van der Waals surface area contributed by atoms with E-state index in [0.717, 1.165) is 40.4 Å². The molecule has 0 saturated carbocycles. The second-order valence-electron chi connectivity index (χ2n) is 11.6. The summed E-state index contributed by atoms with van der Waals surface area (Å²) < 4.78 is 2.34. The van der Waals surface area contributed by atoms with E-state index in [9.17, 15) is 0 Å². The lowest BCUT2D eigenvalue weighted by molar-refractivity contribution is 0.562. The molecule has 0 spiro atoms. The molecule has 2 aliphatic heterocycles. The molecule has 3 heterocycles. The van der Waals surface area contributed by atoms with Crippen molar-refractivity contribution in [3.63, 3.8) is 0 Å². The molecule has 0 atom stereocenters. The molecule has 9 rings (SSSR count). The number of nitrogens with zero attached hydrogens (tertiary/aromatic N) is 3. The first-order chi connectivity index (χ1) is 22.3. The summed E-state index contributed by atoms with van der Waals surface area (Å²) in [5, 5.41) is 5.01. The van der Waals surface area contributed by atoms with Crippen molar-refractivity contribution < 1.29 is 0 Å². The number of para-hydroxylation sites is 1. The van der Waals surface area contributed by atoms with E-state index >= 15 is 0 Å². The molecule has 0 radical (unpaired) electrons. The van der Waals surface area contributed by atoms with E-state index in [1.807, 2.05) is 0 Å². The monoisotopic (exact) mass is 575 g/mol. The maximum atomic E-state index is 5.27. The van der Waals surface area contributed by atoms with Gasteiger partial charge >= 0.3 is 0 Å². The summed E-state index contributed by atoms with van der Waals surface area (Å²) in [6.07, 6.45) is 8.67. The average Bonchev–Trinajstić information content (AvgIpc) is 3.46. The zero-order chi connectivity index (χ0) is 29.7. The second-order valence-corrected chi connectivity index (χ2v) is 11.6. The van der Waals surface area contributed by atoms with Gasteiger partial charge < -0.3 is 4.90 Å². The Morgan fingerprint density at radius 2 is 1.18 bits per heavy atom. The average molecular weight is 576 g/mol. The Labute approximate surface area is 262 Å². The molecule has 1 aromatic heterocycles. The molecule has 3 heteroatoms. The minimum absolute atomic E-state index is 0.744. The highest BCUT2D eigenvalue weighted by molar-refractivity contribution is 6.23. The Morgan fingerprint density at radius 1 is 0.533 bits per heavy atom. The lowest BCUT2D eigenvalue weighted by Gasteiger charge is -2.34. The van der Waals surface area contributed by atoms with E-state index in [1.165, 1.54) is 43.8 Å². The van der Waals surface area contributed by atoms with E-state index in [2.05, 4.69) is 173 Å². The van der Waals surface area contributed by atoms with E-state index < -0.39 is 0 Å². The smallest absolute Gasteiger partial charge is 0.215 e. The number of fused-ring (bicyclic) bond motifs is 6. The Hall–Kier alpha value is -5.93. The summed E-state index contributed by atoms with van der Waals surface area (Å²) >= 11 is 0. The molecule has 0 N–H and O–H groups in total. The largest absolute Gasteiger partial charge is 0.307 e. The number of benzene rings is 6. The highest BCUT2D eigenvalue weighted by atomic mass is 15.3. The van der Waals surface area contributed by atoms with E-state index in [0.29, 0.717) is 0 Å². The van der Waals surface area contributed by atoms with Gasteiger partial charge in [-0.15, -0.1) is 0 Å². The standard InChI is InChI=1S/C42H29N3/c1-3-13-29(14-4-1)32-25-33(30-15-5-2-6-16-30)27-34(26-32)37-28-43-42(44-24-12-11-20-38(37)44)45-39-21-10-9-19-36(39)41-35-18-8-7-17-31(35)22-23-40(41)45/h1-23,25-28H,24H2. The van der Waals surface area contributed by atoms with Gasteiger partial charge in [0.15, 0.2) is 0 Å². The number of hydrogen-bond donors (Lipinski definition) is 0. The predicted octanol–water partition coefficient (Wildman–Crippen LogP) is 10.3. The topological polar surface area (TPSA) is 20.5 Å².